The second-order valence-corrected chi connectivity index (χ2v) is 7.07. The molecule has 3 aliphatic rings. The highest BCUT2D eigenvalue weighted by Gasteiger charge is 2.34. The summed E-state index contributed by atoms with van der Waals surface area (Å²) in [4.78, 5) is 2.80. The molecule has 2 heterocycles. The minimum absolute atomic E-state index is 0.437. The molecule has 3 unspecified atom stereocenters. The smallest absolute Gasteiger partial charge is 0.0565 e. The van der Waals surface area contributed by atoms with Gasteiger partial charge in [-0.15, -0.1) is 0 Å². The topological polar surface area (TPSA) is 24.5 Å². The molecule has 0 bridgehead atoms. The summed E-state index contributed by atoms with van der Waals surface area (Å²) in [6.45, 7) is 8.31. The predicted molar refractivity (Wildman–Crippen MR) is 78.4 cm³/mol. The molecular weight excluding hydrogens is 236 g/mol. The van der Waals surface area contributed by atoms with Gasteiger partial charge in [-0.1, -0.05) is 0 Å². The van der Waals surface area contributed by atoms with Crippen LogP contribution in [0.25, 0.3) is 0 Å². The van der Waals surface area contributed by atoms with Gasteiger partial charge in [-0.05, 0) is 64.8 Å². The van der Waals surface area contributed by atoms with Gasteiger partial charge in [-0.2, -0.15) is 0 Å². The molecule has 0 aromatic heterocycles. The van der Waals surface area contributed by atoms with E-state index in [2.05, 4.69) is 24.1 Å². The highest BCUT2D eigenvalue weighted by atomic mass is 16.5. The van der Waals surface area contributed by atoms with Crippen LogP contribution in [-0.4, -0.2) is 48.8 Å². The van der Waals surface area contributed by atoms with Crippen molar-refractivity contribution in [3.8, 4) is 0 Å². The summed E-state index contributed by atoms with van der Waals surface area (Å²) < 4.78 is 5.91. The molecule has 3 heteroatoms. The average molecular weight is 266 g/mol. The molecule has 3 nitrogen and oxygen atoms in total. The Hall–Kier alpha value is -0.120. The van der Waals surface area contributed by atoms with Crippen LogP contribution in [-0.2, 0) is 4.74 Å². The zero-order chi connectivity index (χ0) is 13.2. The normalized spacial score (nSPS) is 39.9. The summed E-state index contributed by atoms with van der Waals surface area (Å²) in [6.07, 6.45) is 8.98. The number of hydrogen-bond donors (Lipinski definition) is 1. The van der Waals surface area contributed by atoms with Crippen molar-refractivity contribution in [1.82, 2.24) is 10.2 Å². The van der Waals surface area contributed by atoms with Crippen LogP contribution in [0.15, 0.2) is 0 Å². The Labute approximate surface area is 118 Å². The fraction of sp³-hybridized carbons (Fsp3) is 1.00. The zero-order valence-electron chi connectivity index (χ0n) is 12.6. The van der Waals surface area contributed by atoms with E-state index in [1.54, 1.807) is 0 Å². The second-order valence-electron chi connectivity index (χ2n) is 7.07. The Bertz CT molecular complexity index is 276. The first-order chi connectivity index (χ1) is 9.20. The van der Waals surface area contributed by atoms with E-state index in [1.807, 2.05) is 0 Å². The van der Waals surface area contributed by atoms with Crippen molar-refractivity contribution in [2.45, 2.75) is 76.7 Å². The van der Waals surface area contributed by atoms with Crippen molar-refractivity contribution in [1.29, 1.82) is 0 Å². The van der Waals surface area contributed by atoms with Gasteiger partial charge in [0.25, 0.3) is 0 Å². The molecule has 0 spiro atoms. The fourth-order valence-corrected chi connectivity index (χ4v) is 3.87. The van der Waals surface area contributed by atoms with Crippen molar-refractivity contribution in [3.63, 3.8) is 0 Å². The molecule has 3 atom stereocenters. The van der Waals surface area contributed by atoms with E-state index in [-0.39, 0.29) is 0 Å². The van der Waals surface area contributed by atoms with Gasteiger partial charge in [0.1, 0.15) is 0 Å². The Morgan fingerprint density at radius 2 is 1.79 bits per heavy atom. The van der Waals surface area contributed by atoms with Gasteiger partial charge >= 0.3 is 0 Å². The molecule has 2 aliphatic heterocycles. The van der Waals surface area contributed by atoms with Crippen molar-refractivity contribution in [3.05, 3.63) is 0 Å². The van der Waals surface area contributed by atoms with E-state index < -0.39 is 0 Å². The standard InChI is InChI=1S/C16H30N2O/c1-12-8-16(9-13(2)19-12)18(10-14-5-6-14)11-15-4-3-7-17-15/h12-17H,3-11H2,1-2H3. The van der Waals surface area contributed by atoms with E-state index in [0.29, 0.717) is 12.2 Å². The molecule has 19 heavy (non-hydrogen) atoms. The fourth-order valence-electron chi connectivity index (χ4n) is 3.87. The largest absolute Gasteiger partial charge is 0.375 e. The lowest BCUT2D eigenvalue weighted by Crippen LogP contribution is -2.49. The number of hydrogen-bond acceptors (Lipinski definition) is 3. The van der Waals surface area contributed by atoms with Crippen molar-refractivity contribution >= 4 is 0 Å². The lowest BCUT2D eigenvalue weighted by atomic mass is 9.97. The number of ether oxygens (including phenoxy) is 1. The summed E-state index contributed by atoms with van der Waals surface area (Å²) in [5, 5.41) is 3.67. The SMILES string of the molecule is CC1CC(N(CC2CC2)CC2CCCN2)CC(C)O1. The van der Waals surface area contributed by atoms with Gasteiger partial charge in [-0.25, -0.2) is 0 Å². The quantitative estimate of drug-likeness (QED) is 0.827. The van der Waals surface area contributed by atoms with Gasteiger partial charge < -0.3 is 10.1 Å². The first-order valence-corrected chi connectivity index (χ1v) is 8.33. The van der Waals surface area contributed by atoms with Gasteiger partial charge in [-0.3, -0.25) is 4.90 Å². The maximum Gasteiger partial charge on any atom is 0.0565 e. The van der Waals surface area contributed by atoms with Gasteiger partial charge in [0.2, 0.25) is 0 Å². The maximum absolute atomic E-state index is 5.91. The van der Waals surface area contributed by atoms with Crippen LogP contribution < -0.4 is 5.32 Å². The van der Waals surface area contributed by atoms with Crippen LogP contribution in [0.4, 0.5) is 0 Å². The molecule has 1 N–H and O–H groups in total. The van der Waals surface area contributed by atoms with Crippen LogP contribution >= 0.6 is 0 Å². The highest BCUT2D eigenvalue weighted by Crippen LogP contribution is 2.33. The highest BCUT2D eigenvalue weighted by molar-refractivity contribution is 4.88. The first kappa shape index (κ1) is 13.8. The van der Waals surface area contributed by atoms with Gasteiger partial charge in [0.05, 0.1) is 12.2 Å². The van der Waals surface area contributed by atoms with E-state index in [0.717, 1.165) is 18.0 Å². The monoisotopic (exact) mass is 266 g/mol. The van der Waals surface area contributed by atoms with Crippen LogP contribution in [0.5, 0.6) is 0 Å². The van der Waals surface area contributed by atoms with E-state index >= 15 is 0 Å². The van der Waals surface area contributed by atoms with E-state index in [9.17, 15) is 0 Å². The van der Waals surface area contributed by atoms with Crippen LogP contribution in [0, 0.1) is 5.92 Å². The Morgan fingerprint density at radius 1 is 1.05 bits per heavy atom. The maximum atomic E-state index is 5.91. The molecule has 0 aromatic carbocycles. The van der Waals surface area contributed by atoms with Gasteiger partial charge in [0, 0.05) is 25.2 Å². The van der Waals surface area contributed by atoms with Crippen LogP contribution in [0.3, 0.4) is 0 Å². The third-order valence-corrected chi connectivity index (χ3v) is 5.00. The first-order valence-electron chi connectivity index (χ1n) is 8.33. The Kier molecular flexibility index (Phi) is 4.45. The lowest BCUT2D eigenvalue weighted by molar-refractivity contribution is -0.0668. The van der Waals surface area contributed by atoms with Crippen molar-refractivity contribution in [2.24, 2.45) is 5.92 Å². The third-order valence-electron chi connectivity index (χ3n) is 5.00. The second kappa shape index (κ2) is 6.11. The summed E-state index contributed by atoms with van der Waals surface area (Å²) in [5.74, 6) is 0.995. The van der Waals surface area contributed by atoms with Gasteiger partial charge in [0.15, 0.2) is 0 Å². The van der Waals surface area contributed by atoms with Crippen molar-refractivity contribution < 1.29 is 4.74 Å². The van der Waals surface area contributed by atoms with E-state index in [4.69, 9.17) is 4.74 Å². The molecule has 2 saturated heterocycles. The number of nitrogens with zero attached hydrogens (tertiary/aromatic N) is 1. The lowest BCUT2D eigenvalue weighted by Gasteiger charge is -2.40. The zero-order valence-corrected chi connectivity index (χ0v) is 12.6. The number of nitrogens with one attached hydrogen (secondary N) is 1. The minimum atomic E-state index is 0.437. The molecular formula is C16H30N2O. The third kappa shape index (κ3) is 3.93. The number of rotatable bonds is 5. The Morgan fingerprint density at radius 3 is 2.37 bits per heavy atom. The molecule has 0 amide bonds. The molecule has 3 fully saturated rings. The van der Waals surface area contributed by atoms with E-state index in [1.165, 1.54) is 58.2 Å². The Balaban J connectivity index is 1.59. The van der Waals surface area contributed by atoms with Crippen LogP contribution in [0.2, 0.25) is 0 Å². The molecule has 1 saturated carbocycles. The minimum Gasteiger partial charge on any atom is -0.375 e. The average Bonchev–Trinajstić information content (AvgIpc) is 3.01. The summed E-state index contributed by atoms with van der Waals surface area (Å²) in [6, 6.07) is 1.49. The molecule has 3 rings (SSSR count). The molecule has 110 valence electrons. The molecule has 0 radical (unpaired) electrons. The molecule has 0 aromatic rings. The predicted octanol–water partition coefficient (Wildman–Crippen LogP) is 2.41. The summed E-state index contributed by atoms with van der Waals surface area (Å²) in [7, 11) is 0. The summed E-state index contributed by atoms with van der Waals surface area (Å²) in [5.41, 5.74) is 0. The van der Waals surface area contributed by atoms with Crippen molar-refractivity contribution in [2.75, 3.05) is 19.6 Å². The molecule has 1 aliphatic carbocycles. The summed E-state index contributed by atoms with van der Waals surface area (Å²) >= 11 is 0. The van der Waals surface area contributed by atoms with Crippen LogP contribution in [0.1, 0.15) is 52.4 Å².